The molecule has 4 nitrogen and oxygen atoms in total. The number of aromatic nitrogens is 3. The lowest BCUT2D eigenvalue weighted by Gasteiger charge is -2.05. The lowest BCUT2D eigenvalue weighted by atomic mass is 10.0. The van der Waals surface area contributed by atoms with Crippen LogP contribution in [0, 0.1) is 12.7 Å². The molecule has 0 aliphatic rings. The van der Waals surface area contributed by atoms with Crippen LogP contribution in [-0.4, -0.2) is 15.2 Å². The molecule has 20 heavy (non-hydrogen) atoms. The lowest BCUT2D eigenvalue weighted by Crippen LogP contribution is -1.91. The summed E-state index contributed by atoms with van der Waals surface area (Å²) in [6, 6.07) is 4.79. The van der Waals surface area contributed by atoms with Crippen LogP contribution >= 0.6 is 22.9 Å². The van der Waals surface area contributed by atoms with Crippen LogP contribution in [0.15, 0.2) is 24.4 Å². The van der Waals surface area contributed by atoms with Crippen LogP contribution < -0.4 is 5.73 Å². The van der Waals surface area contributed by atoms with Crippen LogP contribution in [0.1, 0.15) is 5.01 Å². The highest BCUT2D eigenvalue weighted by Gasteiger charge is 2.20. The molecule has 0 saturated carbocycles. The molecule has 0 radical (unpaired) electrons. The van der Waals surface area contributed by atoms with E-state index in [1.807, 2.05) is 6.92 Å². The van der Waals surface area contributed by atoms with Crippen LogP contribution in [-0.2, 0) is 0 Å². The minimum atomic E-state index is -0.509. The molecule has 1 aromatic carbocycles. The van der Waals surface area contributed by atoms with Gasteiger partial charge in [-0.15, -0.1) is 11.3 Å². The Morgan fingerprint density at radius 1 is 1.40 bits per heavy atom. The summed E-state index contributed by atoms with van der Waals surface area (Å²) < 4.78 is 14.2. The highest BCUT2D eigenvalue weighted by Crippen LogP contribution is 2.39. The van der Waals surface area contributed by atoms with E-state index in [1.165, 1.54) is 17.4 Å². The molecule has 7 heteroatoms. The third-order valence-corrected chi connectivity index (χ3v) is 4.11. The fourth-order valence-electron chi connectivity index (χ4n) is 1.98. The molecule has 0 atom stereocenters. The number of nitrogens with zero attached hydrogens (tertiary/aromatic N) is 2. The van der Waals surface area contributed by atoms with Gasteiger partial charge in [-0.2, -0.15) is 5.10 Å². The number of H-pyrrole nitrogens is 1. The van der Waals surface area contributed by atoms with E-state index >= 15 is 0 Å². The van der Waals surface area contributed by atoms with Crippen molar-refractivity contribution in [1.29, 1.82) is 0 Å². The second kappa shape index (κ2) is 4.88. The zero-order valence-electron chi connectivity index (χ0n) is 10.4. The molecule has 0 bridgehead atoms. The maximum Gasteiger partial charge on any atom is 0.153 e. The number of anilines is 1. The van der Waals surface area contributed by atoms with Crippen LogP contribution in [0.3, 0.4) is 0 Å². The van der Waals surface area contributed by atoms with Gasteiger partial charge < -0.3 is 5.73 Å². The van der Waals surface area contributed by atoms with Gasteiger partial charge in [-0.25, -0.2) is 9.37 Å². The molecule has 2 heterocycles. The maximum atomic E-state index is 14.2. The largest absolute Gasteiger partial charge is 0.382 e. The van der Waals surface area contributed by atoms with Gasteiger partial charge in [0.1, 0.15) is 5.82 Å². The topological polar surface area (TPSA) is 67.6 Å². The van der Waals surface area contributed by atoms with Crippen molar-refractivity contribution in [3.05, 3.63) is 40.2 Å². The number of nitrogen functional groups attached to an aromatic ring is 1. The van der Waals surface area contributed by atoms with Crippen molar-refractivity contribution in [2.24, 2.45) is 0 Å². The molecule has 0 amide bonds. The molecule has 3 aromatic rings. The number of rotatable bonds is 2. The van der Waals surface area contributed by atoms with Crippen molar-refractivity contribution in [1.82, 2.24) is 15.2 Å². The van der Waals surface area contributed by atoms with Crippen LogP contribution in [0.2, 0.25) is 5.02 Å². The van der Waals surface area contributed by atoms with E-state index < -0.39 is 5.82 Å². The molecule has 0 saturated heterocycles. The summed E-state index contributed by atoms with van der Waals surface area (Å²) in [4.78, 5) is 5.04. The number of aryl methyl sites for hydroxylation is 1. The van der Waals surface area contributed by atoms with Crippen molar-refractivity contribution in [3.63, 3.8) is 0 Å². The van der Waals surface area contributed by atoms with Crippen LogP contribution in [0.25, 0.3) is 21.7 Å². The molecule has 0 unspecified atom stereocenters. The van der Waals surface area contributed by atoms with E-state index in [0.717, 1.165) is 9.88 Å². The molecule has 102 valence electrons. The molecule has 3 rings (SSSR count). The normalized spacial score (nSPS) is 10.9. The number of benzene rings is 1. The standard InChI is InChI=1S/C13H10ClFN4S/c1-6-17-5-9(20-6)12-10(13(16)19-18-12)7-3-2-4-8(14)11(7)15/h2-5H,1H3,(H3,16,18,19). The summed E-state index contributed by atoms with van der Waals surface area (Å²) in [6.45, 7) is 1.90. The summed E-state index contributed by atoms with van der Waals surface area (Å²) in [5.41, 5.74) is 7.35. The molecule has 0 spiro atoms. The molecule has 0 aliphatic carbocycles. The zero-order chi connectivity index (χ0) is 14.3. The Morgan fingerprint density at radius 2 is 2.20 bits per heavy atom. The quantitative estimate of drug-likeness (QED) is 0.755. The third kappa shape index (κ3) is 2.07. The van der Waals surface area contributed by atoms with Gasteiger partial charge in [-0.05, 0) is 13.0 Å². The van der Waals surface area contributed by atoms with Crippen molar-refractivity contribution >= 4 is 28.8 Å². The number of thiazole rings is 1. The van der Waals surface area contributed by atoms with E-state index in [9.17, 15) is 4.39 Å². The number of aromatic amines is 1. The highest BCUT2D eigenvalue weighted by molar-refractivity contribution is 7.15. The average Bonchev–Trinajstić information content (AvgIpc) is 2.99. The SMILES string of the molecule is Cc1ncc(-c2[nH]nc(N)c2-c2cccc(Cl)c2F)s1. The van der Waals surface area contributed by atoms with Gasteiger partial charge in [0.05, 0.1) is 26.2 Å². The Kier molecular flexibility index (Phi) is 3.19. The van der Waals surface area contributed by atoms with Gasteiger partial charge in [0, 0.05) is 11.8 Å². The predicted molar refractivity (Wildman–Crippen MR) is 79.2 cm³/mol. The van der Waals surface area contributed by atoms with Crippen LogP contribution in [0.5, 0.6) is 0 Å². The zero-order valence-corrected chi connectivity index (χ0v) is 12.0. The Hall–Kier alpha value is -1.92. The van der Waals surface area contributed by atoms with Gasteiger partial charge in [0.2, 0.25) is 0 Å². The lowest BCUT2D eigenvalue weighted by molar-refractivity contribution is 0.632. The van der Waals surface area contributed by atoms with Gasteiger partial charge in [0.25, 0.3) is 0 Å². The fourth-order valence-corrected chi connectivity index (χ4v) is 2.93. The van der Waals surface area contributed by atoms with Crippen molar-refractivity contribution in [2.45, 2.75) is 6.92 Å². The first-order valence-corrected chi connectivity index (χ1v) is 6.98. The van der Waals surface area contributed by atoms with Crippen molar-refractivity contribution in [2.75, 3.05) is 5.73 Å². The van der Waals surface area contributed by atoms with Gasteiger partial charge in [0.15, 0.2) is 5.82 Å². The van der Waals surface area contributed by atoms with E-state index in [1.54, 1.807) is 18.3 Å². The first-order valence-electron chi connectivity index (χ1n) is 5.79. The van der Waals surface area contributed by atoms with E-state index in [-0.39, 0.29) is 10.8 Å². The summed E-state index contributed by atoms with van der Waals surface area (Å²) >= 11 is 7.31. The van der Waals surface area contributed by atoms with Gasteiger partial charge >= 0.3 is 0 Å². The minimum Gasteiger partial charge on any atom is -0.382 e. The second-order valence-corrected chi connectivity index (χ2v) is 5.85. The summed E-state index contributed by atoms with van der Waals surface area (Å²) in [5.74, 6) is -0.281. The number of halogens is 2. The Morgan fingerprint density at radius 3 is 2.90 bits per heavy atom. The predicted octanol–water partition coefficient (Wildman–Crippen LogP) is 3.88. The van der Waals surface area contributed by atoms with Crippen molar-refractivity contribution in [3.8, 4) is 21.7 Å². The Labute approximate surface area is 123 Å². The molecule has 2 aromatic heterocycles. The first-order chi connectivity index (χ1) is 9.58. The molecular formula is C13H10ClFN4S. The molecule has 3 N–H and O–H groups in total. The van der Waals surface area contributed by atoms with Gasteiger partial charge in [-0.1, -0.05) is 23.7 Å². The summed E-state index contributed by atoms with van der Waals surface area (Å²) in [6.07, 6.45) is 1.71. The second-order valence-electron chi connectivity index (χ2n) is 4.20. The minimum absolute atomic E-state index is 0.0505. The Bertz CT molecular complexity index is 781. The average molecular weight is 309 g/mol. The number of nitrogens with one attached hydrogen (secondary N) is 1. The summed E-state index contributed by atoms with van der Waals surface area (Å²) in [7, 11) is 0. The monoisotopic (exact) mass is 308 g/mol. The highest BCUT2D eigenvalue weighted by atomic mass is 35.5. The fraction of sp³-hybridized carbons (Fsp3) is 0.0769. The van der Waals surface area contributed by atoms with Crippen molar-refractivity contribution < 1.29 is 4.39 Å². The van der Waals surface area contributed by atoms with E-state index in [4.69, 9.17) is 17.3 Å². The smallest absolute Gasteiger partial charge is 0.153 e. The number of hydrogen-bond acceptors (Lipinski definition) is 4. The summed E-state index contributed by atoms with van der Waals surface area (Å²) in [5, 5.41) is 7.76. The molecule has 0 aliphatic heterocycles. The van der Waals surface area contributed by atoms with E-state index in [0.29, 0.717) is 16.8 Å². The van der Waals surface area contributed by atoms with E-state index in [2.05, 4.69) is 15.2 Å². The maximum absolute atomic E-state index is 14.2. The first kappa shape index (κ1) is 13.1. The molecular weight excluding hydrogens is 299 g/mol. The number of hydrogen-bond donors (Lipinski definition) is 2. The third-order valence-electron chi connectivity index (χ3n) is 2.88. The van der Waals surface area contributed by atoms with Crippen LogP contribution in [0.4, 0.5) is 10.2 Å². The molecule has 0 fully saturated rings. The number of nitrogens with two attached hydrogens (primary N) is 1. The van der Waals surface area contributed by atoms with Gasteiger partial charge in [-0.3, -0.25) is 5.10 Å². The Balaban J connectivity index is 2.24.